The minimum atomic E-state index is -2.37. The molecule has 4 aromatic carbocycles. The lowest BCUT2D eigenvalue weighted by Gasteiger charge is -2.39. The van der Waals surface area contributed by atoms with Crippen molar-refractivity contribution in [3.05, 3.63) is 165 Å². The van der Waals surface area contributed by atoms with Gasteiger partial charge in [0.15, 0.2) is 0 Å². The summed E-state index contributed by atoms with van der Waals surface area (Å²) < 4.78 is 13.0. The first kappa shape index (κ1) is 30.5. The van der Waals surface area contributed by atoms with E-state index in [0.717, 1.165) is 23.0 Å². The molecule has 0 aliphatic heterocycles. The van der Waals surface area contributed by atoms with Crippen LogP contribution < -0.4 is 0 Å². The molecular weight excluding hydrogens is 601 g/mol. The molecule has 0 bridgehead atoms. The third-order valence-corrected chi connectivity index (χ3v) is 15.1. The largest absolute Gasteiger partial charge is 0.462 e. The van der Waals surface area contributed by atoms with Crippen molar-refractivity contribution in [1.29, 1.82) is 0 Å². The van der Waals surface area contributed by atoms with Crippen LogP contribution in [0.4, 0.5) is 0 Å². The van der Waals surface area contributed by atoms with Gasteiger partial charge in [-0.15, -0.1) is 0 Å². The summed E-state index contributed by atoms with van der Waals surface area (Å²) in [7, 11) is -2.37. The van der Waals surface area contributed by atoms with Gasteiger partial charge in [-0.05, 0) is 132 Å². The molecule has 0 spiro atoms. The van der Waals surface area contributed by atoms with Crippen LogP contribution >= 0.6 is 0 Å². The minimum absolute atomic E-state index is 0.205. The molecule has 2 aliphatic rings. The molecule has 2 aliphatic carbocycles. The van der Waals surface area contributed by atoms with Gasteiger partial charge in [0, 0.05) is 22.2 Å². The van der Waals surface area contributed by atoms with Crippen LogP contribution in [0.1, 0.15) is 73.1 Å². The van der Waals surface area contributed by atoms with Crippen molar-refractivity contribution in [2.24, 2.45) is 0 Å². The van der Waals surface area contributed by atoms with Crippen molar-refractivity contribution < 1.29 is 8.83 Å². The normalized spacial score (nSPS) is 16.9. The topological polar surface area (TPSA) is 26.3 Å². The lowest BCUT2D eigenvalue weighted by molar-refractivity contribution is 0.519. The van der Waals surface area contributed by atoms with Crippen LogP contribution in [0.15, 0.2) is 112 Å². The molecule has 2 aromatic heterocycles. The average Bonchev–Trinajstić information content (AvgIpc) is 3.87. The van der Waals surface area contributed by atoms with Crippen molar-refractivity contribution in [3.63, 3.8) is 0 Å². The number of allylic oxidation sites excluding steroid dienone is 2. The SMILES string of the molecule is Cc1ccc(C2=Cc3c(ccc(C)c3-c3ccccc3)C2[Si](C)(C)C2C(c3ccc(C)o3)=Cc3c2cc(C)c(C)c3-c2ccccc2)o1. The fourth-order valence-electron chi connectivity index (χ4n) is 8.66. The van der Waals surface area contributed by atoms with Gasteiger partial charge in [-0.1, -0.05) is 92.0 Å². The van der Waals surface area contributed by atoms with E-state index in [0.29, 0.717) is 0 Å². The van der Waals surface area contributed by atoms with Gasteiger partial charge in [0.25, 0.3) is 0 Å². The monoisotopic (exact) mass is 642 g/mol. The second-order valence-corrected chi connectivity index (χ2v) is 19.2. The van der Waals surface area contributed by atoms with Crippen molar-refractivity contribution in [1.82, 2.24) is 0 Å². The highest BCUT2D eigenvalue weighted by Crippen LogP contribution is 2.59. The highest BCUT2D eigenvalue weighted by molar-refractivity contribution is 6.84. The Hall–Kier alpha value is -4.86. The summed E-state index contributed by atoms with van der Waals surface area (Å²) in [4.78, 5) is 0. The molecule has 2 unspecified atom stereocenters. The molecule has 238 valence electrons. The molecule has 2 atom stereocenters. The van der Waals surface area contributed by atoms with E-state index < -0.39 is 8.07 Å². The van der Waals surface area contributed by atoms with Gasteiger partial charge in [0.05, 0.1) is 8.07 Å². The maximum Gasteiger partial charge on any atom is 0.130 e. The zero-order valence-corrected chi connectivity index (χ0v) is 29.9. The van der Waals surface area contributed by atoms with Gasteiger partial charge >= 0.3 is 0 Å². The molecule has 0 radical (unpaired) electrons. The predicted molar refractivity (Wildman–Crippen MR) is 204 cm³/mol. The van der Waals surface area contributed by atoms with E-state index in [1.54, 1.807) is 0 Å². The van der Waals surface area contributed by atoms with E-state index in [2.05, 4.69) is 149 Å². The summed E-state index contributed by atoms with van der Waals surface area (Å²) in [6.07, 6.45) is 4.91. The molecule has 0 saturated carbocycles. The highest BCUT2D eigenvalue weighted by Gasteiger charge is 2.51. The van der Waals surface area contributed by atoms with Crippen LogP contribution in [0.5, 0.6) is 0 Å². The number of fused-ring (bicyclic) bond motifs is 2. The lowest BCUT2D eigenvalue weighted by atomic mass is 9.89. The molecule has 48 heavy (non-hydrogen) atoms. The van der Waals surface area contributed by atoms with E-state index >= 15 is 0 Å². The Morgan fingerprint density at radius 2 is 1.00 bits per heavy atom. The Kier molecular flexibility index (Phi) is 7.23. The zero-order valence-electron chi connectivity index (χ0n) is 28.9. The summed E-state index contributed by atoms with van der Waals surface area (Å²) in [5.41, 5.74) is 17.7. The standard InChI is InChI=1S/C45H42O2Si/c1-27-18-21-34-35(42(27)32-14-10-8-11-15-32)25-38(40-22-19-29(3)46-40)44(34)48(6,7)45-37-24-28(2)31(5)43(33-16-12-9-13-17-33)36(37)26-39(45)41-23-20-30(4)47-41/h8-26,44-45H,1-7H3. The number of hydrogen-bond donors (Lipinski definition) is 0. The summed E-state index contributed by atoms with van der Waals surface area (Å²) in [6, 6.07) is 37.6. The van der Waals surface area contributed by atoms with Crippen LogP contribution in [0.3, 0.4) is 0 Å². The first-order valence-electron chi connectivity index (χ1n) is 17.1. The average molecular weight is 643 g/mol. The summed E-state index contributed by atoms with van der Waals surface area (Å²) in [5.74, 6) is 3.84. The van der Waals surface area contributed by atoms with Crippen molar-refractivity contribution in [3.8, 4) is 22.3 Å². The molecular formula is C45H42O2Si. The Bertz CT molecular complexity index is 2260. The fraction of sp³-hybridized carbons (Fsp3) is 0.200. The van der Waals surface area contributed by atoms with Crippen LogP contribution in [0, 0.1) is 34.6 Å². The number of rotatable bonds is 6. The molecule has 8 rings (SSSR count). The maximum atomic E-state index is 6.49. The number of benzene rings is 4. The lowest BCUT2D eigenvalue weighted by Crippen LogP contribution is -2.42. The van der Waals surface area contributed by atoms with Gasteiger partial charge in [0.1, 0.15) is 23.0 Å². The predicted octanol–water partition coefficient (Wildman–Crippen LogP) is 12.5. The minimum Gasteiger partial charge on any atom is -0.462 e. The fourth-order valence-corrected chi connectivity index (χ4v) is 13.1. The second-order valence-electron chi connectivity index (χ2n) is 14.4. The molecule has 2 nitrogen and oxygen atoms in total. The molecule has 3 heteroatoms. The molecule has 0 N–H and O–H groups in total. The van der Waals surface area contributed by atoms with Gasteiger partial charge in [-0.3, -0.25) is 0 Å². The first-order chi connectivity index (χ1) is 23.1. The summed E-state index contributed by atoms with van der Waals surface area (Å²) in [6.45, 7) is 16.1. The van der Waals surface area contributed by atoms with E-state index in [1.807, 2.05) is 13.8 Å². The van der Waals surface area contributed by atoms with Crippen molar-refractivity contribution in [2.45, 2.75) is 58.8 Å². The molecule has 2 heterocycles. The van der Waals surface area contributed by atoms with Crippen molar-refractivity contribution in [2.75, 3.05) is 0 Å². The Morgan fingerprint density at radius 3 is 1.52 bits per heavy atom. The van der Waals surface area contributed by atoms with Gasteiger partial charge < -0.3 is 8.83 Å². The number of furan rings is 2. The van der Waals surface area contributed by atoms with Crippen LogP contribution in [0.25, 0.3) is 45.6 Å². The Labute approximate surface area is 285 Å². The Balaban J connectivity index is 1.39. The molecule has 0 amide bonds. The van der Waals surface area contributed by atoms with Crippen LogP contribution in [-0.4, -0.2) is 8.07 Å². The zero-order chi connectivity index (χ0) is 33.3. The molecule has 0 fully saturated rings. The molecule has 0 saturated heterocycles. The third kappa shape index (κ3) is 4.75. The summed E-state index contributed by atoms with van der Waals surface area (Å²) >= 11 is 0. The smallest absolute Gasteiger partial charge is 0.130 e. The number of hydrogen-bond acceptors (Lipinski definition) is 2. The van der Waals surface area contributed by atoms with Gasteiger partial charge in [0.2, 0.25) is 0 Å². The highest BCUT2D eigenvalue weighted by atomic mass is 28.3. The summed E-state index contributed by atoms with van der Waals surface area (Å²) in [5, 5.41) is 0. The van der Waals surface area contributed by atoms with E-state index in [4.69, 9.17) is 8.83 Å². The molecule has 6 aromatic rings. The van der Waals surface area contributed by atoms with Gasteiger partial charge in [-0.2, -0.15) is 0 Å². The second kappa shape index (κ2) is 11.4. The quantitative estimate of drug-likeness (QED) is 0.169. The third-order valence-electron chi connectivity index (χ3n) is 10.9. The number of aryl methyl sites for hydroxylation is 4. The van der Waals surface area contributed by atoms with E-state index in [-0.39, 0.29) is 11.1 Å². The van der Waals surface area contributed by atoms with Crippen molar-refractivity contribution >= 4 is 31.4 Å². The first-order valence-corrected chi connectivity index (χ1v) is 20.2. The van der Waals surface area contributed by atoms with E-state index in [9.17, 15) is 0 Å². The van der Waals surface area contributed by atoms with Gasteiger partial charge in [-0.25, -0.2) is 0 Å². The Morgan fingerprint density at radius 1 is 0.500 bits per heavy atom. The van der Waals surface area contributed by atoms with Crippen LogP contribution in [-0.2, 0) is 0 Å². The van der Waals surface area contributed by atoms with Crippen LogP contribution in [0.2, 0.25) is 13.1 Å². The van der Waals surface area contributed by atoms with E-state index in [1.165, 1.54) is 72.3 Å². The maximum absolute atomic E-state index is 6.49.